The van der Waals surface area contributed by atoms with Crippen LogP contribution in [0.3, 0.4) is 0 Å². The van der Waals surface area contributed by atoms with E-state index in [1.807, 2.05) is 13.0 Å². The maximum absolute atomic E-state index is 11.5. The number of hydrogen-bond acceptors (Lipinski definition) is 6. The highest BCUT2D eigenvalue weighted by atomic mass is 16.6. The number of ether oxygens (including phenoxy) is 1. The quantitative estimate of drug-likeness (QED) is 0.388. The summed E-state index contributed by atoms with van der Waals surface area (Å²) in [6, 6.07) is 0. The molecule has 31 heavy (non-hydrogen) atoms. The van der Waals surface area contributed by atoms with Crippen molar-refractivity contribution in [3.8, 4) is 0 Å². The molecule has 0 aromatic heterocycles. The van der Waals surface area contributed by atoms with Crippen LogP contribution >= 0.6 is 0 Å². The molecule has 2 unspecified atom stereocenters. The number of nitrogens with zero attached hydrogens (tertiary/aromatic N) is 1. The van der Waals surface area contributed by atoms with E-state index in [-0.39, 0.29) is 35.2 Å². The predicted molar refractivity (Wildman–Crippen MR) is 120 cm³/mol. The van der Waals surface area contributed by atoms with Crippen molar-refractivity contribution >= 4 is 17.4 Å². The van der Waals surface area contributed by atoms with E-state index in [1.165, 1.54) is 12.5 Å². The van der Waals surface area contributed by atoms with Crippen LogP contribution in [0.2, 0.25) is 0 Å². The summed E-state index contributed by atoms with van der Waals surface area (Å²) in [7, 11) is 0. The van der Waals surface area contributed by atoms with Gasteiger partial charge in [0.25, 0.3) is 0 Å². The summed E-state index contributed by atoms with van der Waals surface area (Å²) in [6.45, 7) is 8.46. The molecule has 3 fully saturated rings. The minimum atomic E-state index is -0.419. The second-order valence-corrected chi connectivity index (χ2v) is 10.3. The van der Waals surface area contributed by atoms with Gasteiger partial charge in [0.05, 0.1) is 11.8 Å². The Balaban J connectivity index is 1.58. The third kappa shape index (κ3) is 3.67. The van der Waals surface area contributed by atoms with Gasteiger partial charge in [-0.2, -0.15) is 0 Å². The third-order valence-electron chi connectivity index (χ3n) is 8.66. The molecular formula is C25H36N2O4. The average Bonchev–Trinajstić information content (AvgIpc) is 3.06. The second kappa shape index (κ2) is 8.19. The molecule has 0 saturated heterocycles. The fourth-order valence-electron chi connectivity index (χ4n) is 7.38. The SMILES string of the molecule is CCO/N=C1\C=C[C@@]2(C)C(=C1)CC[C@@H]1C2[C@@H](O)C[C@@]2(C)C1CC[C@@H]2C(=N)COC(C)=O. The van der Waals surface area contributed by atoms with Crippen LogP contribution in [0.15, 0.2) is 29.0 Å². The molecule has 0 heterocycles. The van der Waals surface area contributed by atoms with Crippen LogP contribution < -0.4 is 0 Å². The van der Waals surface area contributed by atoms with Gasteiger partial charge in [0.1, 0.15) is 18.9 Å². The first-order valence-corrected chi connectivity index (χ1v) is 11.7. The van der Waals surface area contributed by atoms with Crippen molar-refractivity contribution in [1.82, 2.24) is 0 Å². The maximum Gasteiger partial charge on any atom is 0.303 e. The number of esters is 1. The Morgan fingerprint density at radius 3 is 2.81 bits per heavy atom. The predicted octanol–water partition coefficient (Wildman–Crippen LogP) is 4.29. The molecule has 0 radical (unpaired) electrons. The number of hydrogen-bond donors (Lipinski definition) is 2. The fraction of sp³-hybridized carbons (Fsp3) is 0.720. The van der Waals surface area contributed by atoms with Crippen LogP contribution in [0.5, 0.6) is 0 Å². The van der Waals surface area contributed by atoms with Gasteiger partial charge in [-0.25, -0.2) is 0 Å². The molecule has 4 rings (SSSR count). The van der Waals surface area contributed by atoms with E-state index in [0.717, 1.165) is 31.4 Å². The largest absolute Gasteiger partial charge is 0.460 e. The summed E-state index contributed by atoms with van der Waals surface area (Å²) in [5.41, 5.74) is 2.41. The number of allylic oxidation sites excluding steroid dienone is 4. The summed E-state index contributed by atoms with van der Waals surface area (Å²) < 4.78 is 5.13. The minimum absolute atomic E-state index is 0.0712. The number of nitrogens with one attached hydrogen (secondary N) is 1. The summed E-state index contributed by atoms with van der Waals surface area (Å²) in [5.74, 6) is 0.816. The number of carbonyl (C=O) groups is 1. The van der Waals surface area contributed by atoms with Crippen molar-refractivity contribution in [2.75, 3.05) is 13.2 Å². The Hall–Kier alpha value is -1.95. The van der Waals surface area contributed by atoms with Crippen LogP contribution in [0.4, 0.5) is 0 Å². The molecule has 2 N–H and O–H groups in total. The molecular weight excluding hydrogens is 392 g/mol. The van der Waals surface area contributed by atoms with Gasteiger partial charge < -0.3 is 20.1 Å². The van der Waals surface area contributed by atoms with Gasteiger partial charge >= 0.3 is 5.97 Å². The molecule has 6 nitrogen and oxygen atoms in total. The molecule has 0 spiro atoms. The van der Waals surface area contributed by atoms with Crippen LogP contribution in [-0.4, -0.2) is 41.8 Å². The molecule has 0 bridgehead atoms. The topological polar surface area (TPSA) is 92.0 Å². The van der Waals surface area contributed by atoms with E-state index < -0.39 is 6.10 Å². The lowest BCUT2D eigenvalue weighted by Crippen LogP contribution is -2.56. The Morgan fingerprint density at radius 1 is 1.32 bits per heavy atom. The molecule has 7 atom stereocenters. The fourth-order valence-corrected chi connectivity index (χ4v) is 7.38. The van der Waals surface area contributed by atoms with E-state index in [1.54, 1.807) is 0 Å². The number of oxime groups is 1. The van der Waals surface area contributed by atoms with Gasteiger partial charge in [0.15, 0.2) is 0 Å². The summed E-state index contributed by atoms with van der Waals surface area (Å²) >= 11 is 0. The second-order valence-electron chi connectivity index (χ2n) is 10.3. The molecule has 4 aliphatic carbocycles. The van der Waals surface area contributed by atoms with Crippen LogP contribution in [-0.2, 0) is 14.4 Å². The van der Waals surface area contributed by atoms with Crippen molar-refractivity contribution in [3.63, 3.8) is 0 Å². The van der Waals surface area contributed by atoms with E-state index in [2.05, 4.69) is 31.2 Å². The normalized spacial score (nSPS) is 42.3. The Bertz CT molecular complexity index is 846. The first-order chi connectivity index (χ1) is 14.7. The van der Waals surface area contributed by atoms with Gasteiger partial charge in [-0.05, 0) is 68.4 Å². The Labute approximate surface area is 185 Å². The Kier molecular flexibility index (Phi) is 5.88. The number of aliphatic hydroxyl groups excluding tert-OH is 1. The van der Waals surface area contributed by atoms with E-state index in [0.29, 0.717) is 30.6 Å². The first-order valence-electron chi connectivity index (χ1n) is 11.7. The smallest absolute Gasteiger partial charge is 0.303 e. The van der Waals surface area contributed by atoms with Gasteiger partial charge in [-0.1, -0.05) is 30.7 Å². The molecule has 3 saturated carbocycles. The monoisotopic (exact) mass is 428 g/mol. The highest BCUT2D eigenvalue weighted by Gasteiger charge is 2.62. The summed E-state index contributed by atoms with van der Waals surface area (Å²) in [5, 5.41) is 24.3. The summed E-state index contributed by atoms with van der Waals surface area (Å²) in [4.78, 5) is 16.5. The lowest BCUT2D eigenvalue weighted by molar-refractivity contribution is -0.139. The van der Waals surface area contributed by atoms with Crippen LogP contribution in [0.25, 0.3) is 0 Å². The number of fused-ring (bicyclic) bond motifs is 5. The number of aliphatic hydroxyl groups is 1. The zero-order chi connectivity index (χ0) is 22.4. The lowest BCUT2D eigenvalue weighted by atomic mass is 9.46. The number of rotatable bonds is 5. The highest BCUT2D eigenvalue weighted by molar-refractivity contribution is 6.05. The van der Waals surface area contributed by atoms with Gasteiger partial charge in [0, 0.05) is 24.2 Å². The molecule has 4 aliphatic rings. The zero-order valence-electron chi connectivity index (χ0n) is 19.2. The van der Waals surface area contributed by atoms with Crippen LogP contribution in [0.1, 0.15) is 59.8 Å². The lowest BCUT2D eigenvalue weighted by Gasteiger charge is -2.59. The maximum atomic E-state index is 11.5. The number of carbonyl (C=O) groups excluding carboxylic acids is 1. The van der Waals surface area contributed by atoms with Crippen molar-refractivity contribution in [2.45, 2.75) is 65.9 Å². The molecule has 0 aliphatic heterocycles. The van der Waals surface area contributed by atoms with Crippen LogP contribution in [0, 0.1) is 39.9 Å². The van der Waals surface area contributed by atoms with Gasteiger partial charge in [-0.15, -0.1) is 0 Å². The van der Waals surface area contributed by atoms with Gasteiger partial charge in [-0.3, -0.25) is 4.79 Å². The van der Waals surface area contributed by atoms with Crippen molar-refractivity contribution < 1.29 is 19.5 Å². The van der Waals surface area contributed by atoms with E-state index >= 15 is 0 Å². The van der Waals surface area contributed by atoms with Crippen molar-refractivity contribution in [3.05, 3.63) is 23.8 Å². The van der Waals surface area contributed by atoms with Crippen molar-refractivity contribution in [2.24, 2.45) is 39.7 Å². The van der Waals surface area contributed by atoms with E-state index in [9.17, 15) is 9.90 Å². The van der Waals surface area contributed by atoms with Crippen molar-refractivity contribution in [1.29, 1.82) is 5.41 Å². The third-order valence-corrected chi connectivity index (χ3v) is 8.66. The zero-order valence-corrected chi connectivity index (χ0v) is 19.2. The molecule has 0 aromatic carbocycles. The molecule has 0 amide bonds. The standard InChI is InChI=1S/C25H36N2O4/c1-5-31-27-17-10-11-24(3)16(12-17)6-7-18-19-8-9-20(21(26)14-30-15(2)28)25(19,4)13-22(29)23(18)24/h10-12,18-20,22-23,26,29H,5-9,13-14H2,1-4H3/b26-21?,27-17+/t18-,19?,20+,22-,23?,24-,25-/m0/s1. The highest BCUT2D eigenvalue weighted by Crippen LogP contribution is 2.66. The van der Waals surface area contributed by atoms with Gasteiger partial charge in [0.2, 0.25) is 0 Å². The Morgan fingerprint density at radius 2 is 2.10 bits per heavy atom. The molecule has 0 aromatic rings. The molecule has 170 valence electrons. The molecule has 6 heteroatoms. The van der Waals surface area contributed by atoms with E-state index in [4.69, 9.17) is 15.0 Å². The minimum Gasteiger partial charge on any atom is -0.460 e. The average molecular weight is 429 g/mol. The first kappa shape index (κ1) is 22.3. The summed E-state index contributed by atoms with van der Waals surface area (Å²) in [6.07, 6.45) is 10.8.